The van der Waals surface area contributed by atoms with Crippen molar-refractivity contribution in [3.63, 3.8) is 0 Å². The molecular formula is C64H102O6. The number of hydrogen-bond acceptors (Lipinski definition) is 6. The Bertz CT molecular complexity index is 1530. The van der Waals surface area contributed by atoms with Gasteiger partial charge in [0.25, 0.3) is 0 Å². The first-order valence-corrected chi connectivity index (χ1v) is 28.3. The summed E-state index contributed by atoms with van der Waals surface area (Å²) in [5.41, 5.74) is 0. The normalized spacial score (nSPS) is 13.1. The molecule has 0 aliphatic carbocycles. The number of unbranched alkanes of at least 4 members (excludes halogenated alkanes) is 20. The molecule has 1 atom stereocenters. The summed E-state index contributed by atoms with van der Waals surface area (Å²) in [7, 11) is 0. The van der Waals surface area contributed by atoms with Crippen LogP contribution >= 0.6 is 0 Å². The molecule has 0 aromatic heterocycles. The zero-order chi connectivity index (χ0) is 50.7. The zero-order valence-electron chi connectivity index (χ0n) is 45.0. The molecule has 0 bridgehead atoms. The summed E-state index contributed by atoms with van der Waals surface area (Å²) in [6.45, 7) is 6.30. The van der Waals surface area contributed by atoms with Gasteiger partial charge in [-0.15, -0.1) is 0 Å². The van der Waals surface area contributed by atoms with Crippen molar-refractivity contribution in [2.45, 2.75) is 239 Å². The highest BCUT2D eigenvalue weighted by Crippen LogP contribution is 2.14. The van der Waals surface area contributed by atoms with Crippen molar-refractivity contribution in [2.75, 3.05) is 13.2 Å². The molecule has 0 aliphatic rings. The van der Waals surface area contributed by atoms with Crippen LogP contribution in [0.15, 0.2) is 134 Å². The Morgan fingerprint density at radius 1 is 0.314 bits per heavy atom. The molecule has 6 nitrogen and oxygen atoms in total. The average molecular weight is 968 g/mol. The quantitative estimate of drug-likeness (QED) is 0.0199. The molecule has 0 aromatic carbocycles. The molecule has 0 aromatic rings. The maximum atomic E-state index is 12.9. The summed E-state index contributed by atoms with van der Waals surface area (Å²) in [5, 5.41) is 0. The Hall–Kier alpha value is -4.45. The molecule has 394 valence electrons. The molecule has 0 spiro atoms. The molecule has 0 saturated heterocycles. The van der Waals surface area contributed by atoms with Gasteiger partial charge in [0.1, 0.15) is 13.2 Å². The van der Waals surface area contributed by atoms with E-state index in [0.29, 0.717) is 19.3 Å². The second kappa shape index (κ2) is 57.1. The third-order valence-electron chi connectivity index (χ3n) is 11.5. The lowest BCUT2D eigenvalue weighted by molar-refractivity contribution is -0.167. The monoisotopic (exact) mass is 967 g/mol. The van der Waals surface area contributed by atoms with Crippen LogP contribution in [0.4, 0.5) is 0 Å². The lowest BCUT2D eigenvalue weighted by Gasteiger charge is -2.18. The van der Waals surface area contributed by atoms with E-state index in [9.17, 15) is 14.4 Å². The van der Waals surface area contributed by atoms with Gasteiger partial charge in [0.2, 0.25) is 0 Å². The van der Waals surface area contributed by atoms with E-state index in [0.717, 1.165) is 122 Å². The molecule has 0 fully saturated rings. The van der Waals surface area contributed by atoms with Crippen LogP contribution in [0.3, 0.4) is 0 Å². The predicted molar refractivity (Wildman–Crippen MR) is 302 cm³/mol. The number of carbonyl (C=O) groups is 3. The van der Waals surface area contributed by atoms with Crippen LogP contribution in [0.2, 0.25) is 0 Å². The van der Waals surface area contributed by atoms with Crippen molar-refractivity contribution in [3.05, 3.63) is 134 Å². The summed E-state index contributed by atoms with van der Waals surface area (Å²) < 4.78 is 16.8. The Labute approximate surface area is 430 Å². The maximum Gasteiger partial charge on any atom is 0.306 e. The fourth-order valence-corrected chi connectivity index (χ4v) is 7.31. The minimum Gasteiger partial charge on any atom is -0.462 e. The molecule has 0 heterocycles. The van der Waals surface area contributed by atoms with Gasteiger partial charge < -0.3 is 14.2 Å². The highest BCUT2D eigenvalue weighted by atomic mass is 16.6. The van der Waals surface area contributed by atoms with Gasteiger partial charge in [-0.3, -0.25) is 14.4 Å². The molecule has 0 radical (unpaired) electrons. The highest BCUT2D eigenvalue weighted by Gasteiger charge is 2.19. The van der Waals surface area contributed by atoms with Crippen LogP contribution in [-0.2, 0) is 28.6 Å². The number of hydrogen-bond donors (Lipinski definition) is 0. The van der Waals surface area contributed by atoms with Gasteiger partial charge in [0.05, 0.1) is 0 Å². The Kier molecular flexibility index (Phi) is 53.5. The molecule has 0 amide bonds. The van der Waals surface area contributed by atoms with Gasteiger partial charge >= 0.3 is 17.9 Å². The first kappa shape index (κ1) is 65.5. The lowest BCUT2D eigenvalue weighted by atomic mass is 10.1. The van der Waals surface area contributed by atoms with Gasteiger partial charge in [0, 0.05) is 19.3 Å². The molecule has 1 unspecified atom stereocenters. The van der Waals surface area contributed by atoms with Crippen LogP contribution in [-0.4, -0.2) is 37.2 Å². The second-order valence-electron chi connectivity index (χ2n) is 18.2. The predicted octanol–water partition coefficient (Wildman–Crippen LogP) is 19.0. The number of ether oxygens (including phenoxy) is 3. The van der Waals surface area contributed by atoms with Gasteiger partial charge in [-0.2, -0.15) is 0 Å². The molecule has 0 aliphatic heterocycles. The molecule has 0 rings (SSSR count). The summed E-state index contributed by atoms with van der Waals surface area (Å²) in [6, 6.07) is 0. The van der Waals surface area contributed by atoms with Crippen LogP contribution in [0.5, 0.6) is 0 Å². The van der Waals surface area contributed by atoms with Crippen molar-refractivity contribution in [1.29, 1.82) is 0 Å². The van der Waals surface area contributed by atoms with Crippen LogP contribution in [0.1, 0.15) is 233 Å². The summed E-state index contributed by atoms with van der Waals surface area (Å²) in [4.78, 5) is 38.1. The largest absolute Gasteiger partial charge is 0.462 e. The van der Waals surface area contributed by atoms with Crippen molar-refractivity contribution < 1.29 is 28.6 Å². The minimum absolute atomic E-state index is 0.117. The fourth-order valence-electron chi connectivity index (χ4n) is 7.31. The van der Waals surface area contributed by atoms with E-state index in [2.05, 4.69) is 106 Å². The Balaban J connectivity index is 4.54. The van der Waals surface area contributed by atoms with Crippen molar-refractivity contribution in [3.8, 4) is 0 Å². The van der Waals surface area contributed by atoms with E-state index in [1.54, 1.807) is 0 Å². The van der Waals surface area contributed by atoms with Gasteiger partial charge in [-0.05, 0) is 109 Å². The number of rotatable bonds is 49. The van der Waals surface area contributed by atoms with Gasteiger partial charge in [0.15, 0.2) is 6.10 Å². The smallest absolute Gasteiger partial charge is 0.306 e. The number of esters is 3. The summed E-state index contributed by atoms with van der Waals surface area (Å²) >= 11 is 0. The Morgan fingerprint density at radius 2 is 0.629 bits per heavy atom. The van der Waals surface area contributed by atoms with Crippen molar-refractivity contribution >= 4 is 17.9 Å². The molecule has 0 saturated carbocycles. The summed E-state index contributed by atoms with van der Waals surface area (Å²) in [6.07, 6.45) is 80.1. The first-order chi connectivity index (χ1) is 34.5. The van der Waals surface area contributed by atoms with Crippen molar-refractivity contribution in [2.24, 2.45) is 0 Å². The molecular weight excluding hydrogens is 865 g/mol. The molecule has 6 heteroatoms. The number of carbonyl (C=O) groups excluding carboxylic acids is 3. The van der Waals surface area contributed by atoms with E-state index in [-0.39, 0.29) is 31.1 Å². The molecule has 70 heavy (non-hydrogen) atoms. The van der Waals surface area contributed by atoms with Gasteiger partial charge in [-0.1, -0.05) is 238 Å². The zero-order valence-corrected chi connectivity index (χ0v) is 45.0. The standard InChI is InChI=1S/C64H102O6/c1-4-7-10-13-16-19-22-25-28-30-32-34-36-39-42-45-48-51-54-57-63(66)69-60-61(59-68-62(65)56-53-50-47-44-41-38-35-27-24-21-18-15-12-9-6-3)70-64(67)58-55-52-49-46-43-40-37-33-31-29-26-23-20-17-14-11-8-5-2/h7,9-10,12,15-16,18-19,21,24-25,27-28,32-35,37-39,41-42,61H,4-6,8,11,13-14,17,20,22-23,26,29-31,36,40,43-60H2,1-3H3/b10-7-,12-9-,18-15-,19-16-,24-21-,28-25-,34-32-,35-27-,37-33-,41-38-,42-39-. The lowest BCUT2D eigenvalue weighted by Crippen LogP contribution is -2.30. The van der Waals surface area contributed by atoms with E-state index < -0.39 is 6.10 Å². The third kappa shape index (κ3) is 54.5. The average Bonchev–Trinajstić information content (AvgIpc) is 3.36. The highest BCUT2D eigenvalue weighted by molar-refractivity contribution is 5.71. The fraction of sp³-hybridized carbons (Fsp3) is 0.609. The van der Waals surface area contributed by atoms with Crippen LogP contribution < -0.4 is 0 Å². The van der Waals surface area contributed by atoms with Gasteiger partial charge in [-0.25, -0.2) is 0 Å². The SMILES string of the molecule is CC\C=C/C=C\C=C/C=C\C=C/CCCCCC(=O)OCC(COC(=O)CCCCC/C=C\C/C=C\C/C=C\C/C=C\C/C=C\CC)OC(=O)CCCCCCC/C=C\CCCCCCCCCCC. The van der Waals surface area contributed by atoms with E-state index >= 15 is 0 Å². The van der Waals surface area contributed by atoms with Crippen LogP contribution in [0.25, 0.3) is 0 Å². The Morgan fingerprint density at radius 3 is 1.07 bits per heavy atom. The second-order valence-corrected chi connectivity index (χ2v) is 18.2. The topological polar surface area (TPSA) is 78.9 Å². The van der Waals surface area contributed by atoms with Crippen molar-refractivity contribution in [1.82, 2.24) is 0 Å². The maximum absolute atomic E-state index is 12.9. The molecule has 0 N–H and O–H groups in total. The third-order valence-corrected chi connectivity index (χ3v) is 11.5. The first-order valence-electron chi connectivity index (χ1n) is 28.3. The van der Waals surface area contributed by atoms with E-state index in [4.69, 9.17) is 14.2 Å². The van der Waals surface area contributed by atoms with Crippen LogP contribution in [0, 0.1) is 0 Å². The van der Waals surface area contributed by atoms with E-state index in [1.165, 1.54) is 70.6 Å². The minimum atomic E-state index is -0.819. The number of allylic oxidation sites excluding steroid dienone is 22. The van der Waals surface area contributed by atoms with E-state index in [1.807, 2.05) is 48.6 Å². The summed E-state index contributed by atoms with van der Waals surface area (Å²) in [5.74, 6) is -1.00.